The second-order valence-corrected chi connectivity index (χ2v) is 9.65. The maximum atomic E-state index is 13.2. The largest absolute Gasteiger partial charge is 0.337 e. The quantitative estimate of drug-likeness (QED) is 0.388. The van der Waals surface area contributed by atoms with E-state index < -0.39 is 0 Å². The molecule has 0 aliphatic carbocycles. The van der Waals surface area contributed by atoms with Crippen molar-refractivity contribution in [2.24, 2.45) is 0 Å². The fraction of sp³-hybridized carbons (Fsp3) is 0.211. The molecule has 0 saturated carbocycles. The number of fused-ring (bicyclic) bond motifs is 1. The zero-order chi connectivity index (χ0) is 18.8. The van der Waals surface area contributed by atoms with E-state index in [4.69, 9.17) is 4.98 Å². The predicted octanol–water partition coefficient (Wildman–Crippen LogP) is 5.36. The molecule has 0 spiro atoms. The summed E-state index contributed by atoms with van der Waals surface area (Å²) in [5, 5.41) is 0.746. The molecule has 27 heavy (non-hydrogen) atoms. The van der Waals surface area contributed by atoms with Gasteiger partial charge in [0.25, 0.3) is 5.91 Å². The normalized spacial score (nSPS) is 11.2. The average Bonchev–Trinajstić information content (AvgIpc) is 3.38. The van der Waals surface area contributed by atoms with Crippen molar-refractivity contribution in [3.63, 3.8) is 0 Å². The lowest BCUT2D eigenvalue weighted by molar-refractivity contribution is 0.0990. The van der Waals surface area contributed by atoms with Gasteiger partial charge in [-0.25, -0.2) is 9.97 Å². The second-order valence-electron chi connectivity index (χ2n) is 6.18. The van der Waals surface area contributed by atoms with Crippen molar-refractivity contribution in [1.82, 2.24) is 14.5 Å². The first-order valence-corrected chi connectivity index (χ1v) is 10.9. The van der Waals surface area contributed by atoms with E-state index in [-0.39, 0.29) is 5.91 Å². The SMILES string of the molecule is Cc1ccc2nc(N(CCCn3ccnc3)C(=O)c3ccc(Br)s3)sc2c1. The zero-order valence-electron chi connectivity index (χ0n) is 14.6. The van der Waals surface area contributed by atoms with E-state index in [1.807, 2.05) is 35.0 Å². The Morgan fingerprint density at radius 3 is 2.89 bits per heavy atom. The third-order valence-corrected chi connectivity index (χ3v) is 6.80. The molecule has 0 aliphatic heterocycles. The Labute approximate surface area is 173 Å². The number of carbonyl (C=O) groups is 1. The summed E-state index contributed by atoms with van der Waals surface area (Å²) in [5.41, 5.74) is 2.12. The average molecular weight is 461 g/mol. The molecule has 138 valence electrons. The van der Waals surface area contributed by atoms with E-state index in [1.54, 1.807) is 28.8 Å². The van der Waals surface area contributed by atoms with Crippen LogP contribution in [0.2, 0.25) is 0 Å². The number of halogens is 1. The number of amides is 1. The highest BCUT2D eigenvalue weighted by Gasteiger charge is 2.22. The number of thiazole rings is 1. The number of hydrogen-bond acceptors (Lipinski definition) is 5. The lowest BCUT2D eigenvalue weighted by Crippen LogP contribution is -2.31. The molecule has 5 nitrogen and oxygen atoms in total. The number of anilines is 1. The smallest absolute Gasteiger partial charge is 0.270 e. The lowest BCUT2D eigenvalue weighted by atomic mass is 10.2. The lowest BCUT2D eigenvalue weighted by Gasteiger charge is -2.19. The van der Waals surface area contributed by atoms with E-state index in [1.165, 1.54) is 16.9 Å². The Morgan fingerprint density at radius 1 is 1.26 bits per heavy atom. The van der Waals surface area contributed by atoms with Crippen molar-refractivity contribution in [2.45, 2.75) is 19.9 Å². The van der Waals surface area contributed by atoms with Gasteiger partial charge in [-0.05, 0) is 59.1 Å². The number of aryl methyl sites for hydroxylation is 2. The molecule has 3 aromatic heterocycles. The summed E-state index contributed by atoms with van der Waals surface area (Å²) < 4.78 is 4.07. The molecule has 3 heterocycles. The Bertz CT molecular complexity index is 1070. The number of carbonyl (C=O) groups excluding carboxylic acids is 1. The molecule has 4 rings (SSSR count). The van der Waals surface area contributed by atoms with Gasteiger partial charge in [0, 0.05) is 25.5 Å². The highest BCUT2D eigenvalue weighted by Crippen LogP contribution is 2.32. The van der Waals surface area contributed by atoms with Crippen LogP contribution in [-0.4, -0.2) is 27.0 Å². The molecule has 0 unspecified atom stereocenters. The number of benzene rings is 1. The number of aromatic nitrogens is 3. The van der Waals surface area contributed by atoms with Crippen molar-refractivity contribution in [3.05, 3.63) is 63.3 Å². The molecular formula is C19H17BrN4OS2. The van der Waals surface area contributed by atoms with Gasteiger partial charge in [-0.15, -0.1) is 11.3 Å². The molecule has 1 amide bonds. The van der Waals surface area contributed by atoms with E-state index in [0.717, 1.165) is 32.1 Å². The maximum Gasteiger partial charge on any atom is 0.270 e. The van der Waals surface area contributed by atoms with E-state index in [0.29, 0.717) is 11.4 Å². The molecule has 4 aromatic rings. The standard InChI is InChI=1S/C19H17BrN4OS2/c1-13-3-4-14-16(11-13)27-19(22-14)24(9-2-8-23-10-7-21-12-23)18(25)15-5-6-17(20)26-15/h3-7,10-12H,2,8-9H2,1H3. The van der Waals surface area contributed by atoms with Crippen LogP contribution in [0.5, 0.6) is 0 Å². The zero-order valence-corrected chi connectivity index (χ0v) is 17.9. The van der Waals surface area contributed by atoms with E-state index >= 15 is 0 Å². The minimum atomic E-state index is -0.00731. The molecule has 1 aromatic carbocycles. The highest BCUT2D eigenvalue weighted by molar-refractivity contribution is 9.11. The molecule has 0 saturated heterocycles. The first-order chi connectivity index (χ1) is 13.1. The molecule has 0 fully saturated rings. The van der Waals surface area contributed by atoms with Crippen molar-refractivity contribution in [3.8, 4) is 0 Å². The van der Waals surface area contributed by atoms with Gasteiger partial charge in [0.05, 0.1) is 25.2 Å². The summed E-state index contributed by atoms with van der Waals surface area (Å²) in [5.74, 6) is -0.00731. The molecule has 0 N–H and O–H groups in total. The number of imidazole rings is 1. The van der Waals surface area contributed by atoms with Crippen LogP contribution >= 0.6 is 38.6 Å². The maximum absolute atomic E-state index is 13.2. The van der Waals surface area contributed by atoms with Gasteiger partial charge < -0.3 is 4.57 Å². The van der Waals surface area contributed by atoms with E-state index in [9.17, 15) is 4.79 Å². The first kappa shape index (κ1) is 18.3. The van der Waals surface area contributed by atoms with Gasteiger partial charge in [0.2, 0.25) is 0 Å². The summed E-state index contributed by atoms with van der Waals surface area (Å²) in [7, 11) is 0. The van der Waals surface area contributed by atoms with E-state index in [2.05, 4.69) is 33.9 Å². The molecule has 0 bridgehead atoms. The number of thiophene rings is 1. The van der Waals surface area contributed by atoms with Gasteiger partial charge >= 0.3 is 0 Å². The van der Waals surface area contributed by atoms with Crippen LogP contribution in [0.4, 0.5) is 5.13 Å². The topological polar surface area (TPSA) is 51.0 Å². The van der Waals surface area contributed by atoms with Crippen LogP contribution in [0.15, 0.2) is 52.8 Å². The molecule has 0 aliphatic rings. The van der Waals surface area contributed by atoms with Crippen LogP contribution in [0.1, 0.15) is 21.7 Å². The molecular weight excluding hydrogens is 444 g/mol. The molecule has 0 atom stereocenters. The van der Waals surface area contributed by atoms with Crippen molar-refractivity contribution in [2.75, 3.05) is 11.4 Å². The second kappa shape index (κ2) is 7.92. The van der Waals surface area contributed by atoms with Crippen LogP contribution in [0.3, 0.4) is 0 Å². The minimum absolute atomic E-state index is 0.00731. The summed E-state index contributed by atoms with van der Waals surface area (Å²) in [6.07, 6.45) is 6.32. The Balaban J connectivity index is 1.62. The third-order valence-electron chi connectivity index (χ3n) is 4.15. The van der Waals surface area contributed by atoms with Gasteiger partial charge in [-0.2, -0.15) is 0 Å². The fourth-order valence-electron chi connectivity index (χ4n) is 2.81. The Kier molecular flexibility index (Phi) is 5.38. The first-order valence-electron chi connectivity index (χ1n) is 8.50. The van der Waals surface area contributed by atoms with Gasteiger partial charge in [-0.1, -0.05) is 17.4 Å². The Hall–Kier alpha value is -2.03. The molecule has 8 heteroatoms. The fourth-order valence-corrected chi connectivity index (χ4v) is 5.24. The third kappa shape index (κ3) is 4.12. The number of nitrogens with zero attached hydrogens (tertiary/aromatic N) is 4. The minimum Gasteiger partial charge on any atom is -0.337 e. The summed E-state index contributed by atoms with van der Waals surface area (Å²) in [6.45, 7) is 3.48. The van der Waals surface area contributed by atoms with Gasteiger partial charge in [0.1, 0.15) is 0 Å². The van der Waals surface area contributed by atoms with Crippen LogP contribution in [0.25, 0.3) is 10.2 Å². The monoisotopic (exact) mass is 460 g/mol. The van der Waals surface area contributed by atoms with Gasteiger partial charge in [0.15, 0.2) is 5.13 Å². The number of rotatable bonds is 6. The highest BCUT2D eigenvalue weighted by atomic mass is 79.9. The van der Waals surface area contributed by atoms with Crippen molar-refractivity contribution in [1.29, 1.82) is 0 Å². The Morgan fingerprint density at radius 2 is 2.15 bits per heavy atom. The molecule has 0 radical (unpaired) electrons. The van der Waals surface area contributed by atoms with Crippen molar-refractivity contribution < 1.29 is 4.79 Å². The van der Waals surface area contributed by atoms with Crippen LogP contribution < -0.4 is 4.90 Å². The van der Waals surface area contributed by atoms with Crippen LogP contribution in [-0.2, 0) is 6.54 Å². The summed E-state index contributed by atoms with van der Waals surface area (Å²) in [6, 6.07) is 9.95. The summed E-state index contributed by atoms with van der Waals surface area (Å²) in [4.78, 5) is 24.5. The van der Waals surface area contributed by atoms with Crippen molar-refractivity contribution >= 4 is 59.9 Å². The predicted molar refractivity (Wildman–Crippen MR) is 115 cm³/mol. The van der Waals surface area contributed by atoms with Gasteiger partial charge in [-0.3, -0.25) is 9.69 Å². The number of hydrogen-bond donors (Lipinski definition) is 0. The summed E-state index contributed by atoms with van der Waals surface area (Å²) >= 11 is 6.46. The van der Waals surface area contributed by atoms with Crippen LogP contribution in [0, 0.1) is 6.92 Å².